The lowest BCUT2D eigenvalue weighted by atomic mass is 9.70. The molecule has 0 aromatic heterocycles. The maximum absolute atomic E-state index is 13.9. The van der Waals surface area contributed by atoms with Crippen molar-refractivity contribution in [1.29, 1.82) is 0 Å². The number of carbonyl (C=O) groups excluding carboxylic acids is 2. The second kappa shape index (κ2) is 6.52. The summed E-state index contributed by atoms with van der Waals surface area (Å²) in [5.41, 5.74) is 2.57. The first-order valence-corrected chi connectivity index (χ1v) is 11.0. The minimum Gasteiger partial charge on any atom is -0.426 e. The molecule has 3 aromatic carbocycles. The molecule has 1 amide bonds. The quantitative estimate of drug-likeness (QED) is 0.422. The number of para-hydroxylation sites is 2. The van der Waals surface area contributed by atoms with E-state index in [4.69, 9.17) is 4.74 Å². The highest BCUT2D eigenvalue weighted by atomic mass is 79.9. The number of halogens is 1. The zero-order valence-corrected chi connectivity index (χ0v) is 18.3. The SMILES string of the molecule is CN1C(=O)[C@]2(N[C@H](c3ccc(Br)cc3)[C@H]3C(=O)Oc4ccccc4[C@H]32)c2ccccc21. The van der Waals surface area contributed by atoms with Crippen LogP contribution in [-0.2, 0) is 15.1 Å². The van der Waals surface area contributed by atoms with E-state index in [-0.39, 0.29) is 23.8 Å². The number of hydrogen-bond acceptors (Lipinski definition) is 4. The summed E-state index contributed by atoms with van der Waals surface area (Å²) >= 11 is 3.48. The van der Waals surface area contributed by atoms with Crippen LogP contribution in [0.25, 0.3) is 0 Å². The zero-order chi connectivity index (χ0) is 21.3. The number of anilines is 1. The van der Waals surface area contributed by atoms with Crippen molar-refractivity contribution in [3.63, 3.8) is 0 Å². The van der Waals surface area contributed by atoms with Gasteiger partial charge in [-0.1, -0.05) is 64.5 Å². The zero-order valence-electron chi connectivity index (χ0n) is 16.7. The highest BCUT2D eigenvalue weighted by molar-refractivity contribution is 9.10. The molecule has 3 aliphatic rings. The minimum atomic E-state index is -1.04. The number of nitrogens with zero attached hydrogens (tertiary/aromatic N) is 1. The van der Waals surface area contributed by atoms with E-state index in [0.717, 1.165) is 26.9 Å². The Labute approximate surface area is 188 Å². The molecule has 4 atom stereocenters. The molecule has 5 nitrogen and oxygen atoms in total. The molecule has 31 heavy (non-hydrogen) atoms. The maximum Gasteiger partial charge on any atom is 0.317 e. The highest BCUT2D eigenvalue weighted by Crippen LogP contribution is 2.61. The van der Waals surface area contributed by atoms with Crippen LogP contribution in [0.4, 0.5) is 5.69 Å². The third-order valence-corrected chi connectivity index (χ3v) is 7.39. The molecule has 0 saturated carbocycles. The molecule has 0 radical (unpaired) electrons. The van der Waals surface area contributed by atoms with Crippen LogP contribution in [0.5, 0.6) is 5.75 Å². The Hall–Kier alpha value is -2.96. The molecule has 3 heterocycles. The van der Waals surface area contributed by atoms with Crippen LogP contribution in [0.15, 0.2) is 77.3 Å². The molecular formula is C25H19BrN2O3. The van der Waals surface area contributed by atoms with E-state index in [0.29, 0.717) is 5.75 Å². The molecule has 1 N–H and O–H groups in total. The summed E-state index contributed by atoms with van der Waals surface area (Å²) in [4.78, 5) is 28.9. The molecule has 3 aliphatic heterocycles. The molecule has 1 fully saturated rings. The molecule has 6 heteroatoms. The minimum absolute atomic E-state index is 0.0483. The van der Waals surface area contributed by atoms with Gasteiger partial charge in [0.05, 0.1) is 5.92 Å². The van der Waals surface area contributed by atoms with E-state index >= 15 is 0 Å². The molecule has 0 aliphatic carbocycles. The molecule has 3 aromatic rings. The van der Waals surface area contributed by atoms with Crippen molar-refractivity contribution in [2.45, 2.75) is 17.5 Å². The number of amides is 1. The summed E-state index contributed by atoms with van der Waals surface area (Å²) in [6.07, 6.45) is 0. The Morgan fingerprint density at radius 3 is 2.48 bits per heavy atom. The van der Waals surface area contributed by atoms with Crippen LogP contribution in [0, 0.1) is 5.92 Å². The number of carbonyl (C=O) groups is 2. The van der Waals surface area contributed by atoms with E-state index in [1.54, 1.807) is 18.0 Å². The van der Waals surface area contributed by atoms with Gasteiger partial charge in [0, 0.05) is 40.3 Å². The summed E-state index contributed by atoms with van der Waals surface area (Å²) in [6, 6.07) is 22.9. The predicted molar refractivity (Wildman–Crippen MR) is 120 cm³/mol. The maximum atomic E-state index is 13.9. The Kier molecular flexibility index (Phi) is 3.95. The second-order valence-corrected chi connectivity index (χ2v) is 9.24. The first kappa shape index (κ1) is 18.8. The van der Waals surface area contributed by atoms with Crippen molar-refractivity contribution in [3.05, 3.63) is 94.0 Å². The lowest BCUT2D eigenvalue weighted by Gasteiger charge is -2.35. The normalized spacial score (nSPS) is 28.3. The average molecular weight is 475 g/mol. The lowest BCUT2D eigenvalue weighted by molar-refractivity contribution is -0.141. The van der Waals surface area contributed by atoms with Crippen LogP contribution in [-0.4, -0.2) is 18.9 Å². The molecular weight excluding hydrogens is 456 g/mol. The topological polar surface area (TPSA) is 58.6 Å². The Bertz CT molecular complexity index is 1240. The van der Waals surface area contributed by atoms with Gasteiger partial charge in [-0.25, -0.2) is 0 Å². The third-order valence-electron chi connectivity index (χ3n) is 6.87. The van der Waals surface area contributed by atoms with Gasteiger partial charge in [-0.3, -0.25) is 14.9 Å². The average Bonchev–Trinajstić information content (AvgIpc) is 3.26. The molecule has 154 valence electrons. The van der Waals surface area contributed by atoms with Gasteiger partial charge in [0.25, 0.3) is 5.91 Å². The van der Waals surface area contributed by atoms with Crippen molar-refractivity contribution in [2.75, 3.05) is 11.9 Å². The van der Waals surface area contributed by atoms with Gasteiger partial charge in [0.1, 0.15) is 11.3 Å². The number of benzene rings is 3. The lowest BCUT2D eigenvalue weighted by Crippen LogP contribution is -2.50. The van der Waals surface area contributed by atoms with Crippen LogP contribution in [0.1, 0.15) is 28.7 Å². The molecule has 0 bridgehead atoms. The van der Waals surface area contributed by atoms with Crippen molar-refractivity contribution in [2.24, 2.45) is 5.92 Å². The van der Waals surface area contributed by atoms with E-state index in [9.17, 15) is 9.59 Å². The van der Waals surface area contributed by atoms with E-state index in [1.165, 1.54) is 0 Å². The molecule has 0 unspecified atom stereocenters. The van der Waals surface area contributed by atoms with Gasteiger partial charge in [-0.2, -0.15) is 0 Å². The standard InChI is InChI=1S/C25H19BrN2O3/c1-28-18-8-4-3-7-17(18)25(24(28)30)21-16-6-2-5-9-19(16)31-23(29)20(21)22(27-25)14-10-12-15(26)13-11-14/h2-13,20-22,27H,1H3/t20-,21+,22+,25-/m0/s1. The van der Waals surface area contributed by atoms with Gasteiger partial charge in [-0.15, -0.1) is 0 Å². The van der Waals surface area contributed by atoms with E-state index in [2.05, 4.69) is 21.2 Å². The Balaban J connectivity index is 1.63. The van der Waals surface area contributed by atoms with Crippen LogP contribution >= 0.6 is 15.9 Å². The van der Waals surface area contributed by atoms with Crippen LogP contribution in [0.3, 0.4) is 0 Å². The number of likely N-dealkylation sites (N-methyl/N-ethyl adjacent to an activating group) is 1. The fourth-order valence-electron chi connectivity index (χ4n) is 5.58. The van der Waals surface area contributed by atoms with Crippen molar-refractivity contribution < 1.29 is 14.3 Å². The summed E-state index contributed by atoms with van der Waals surface area (Å²) in [7, 11) is 1.80. The third kappa shape index (κ3) is 2.40. The van der Waals surface area contributed by atoms with Gasteiger partial charge in [0.2, 0.25) is 0 Å². The van der Waals surface area contributed by atoms with Gasteiger partial charge in [-0.05, 0) is 29.8 Å². The summed E-state index contributed by atoms with van der Waals surface area (Å²) in [5, 5.41) is 3.64. The first-order valence-electron chi connectivity index (χ1n) is 10.2. The molecule has 1 spiro atoms. The number of nitrogens with one attached hydrogen (secondary N) is 1. The van der Waals surface area contributed by atoms with Crippen molar-refractivity contribution in [3.8, 4) is 5.75 Å². The number of hydrogen-bond donors (Lipinski definition) is 1. The summed E-state index contributed by atoms with van der Waals surface area (Å²) in [5.74, 6) is -0.725. The Morgan fingerprint density at radius 1 is 0.968 bits per heavy atom. The smallest absolute Gasteiger partial charge is 0.317 e. The Morgan fingerprint density at radius 2 is 1.68 bits per heavy atom. The van der Waals surface area contributed by atoms with E-state index < -0.39 is 11.5 Å². The number of esters is 1. The van der Waals surface area contributed by atoms with Crippen LogP contribution < -0.4 is 15.0 Å². The number of rotatable bonds is 1. The summed E-state index contributed by atoms with van der Waals surface area (Å²) < 4.78 is 6.72. The summed E-state index contributed by atoms with van der Waals surface area (Å²) in [6.45, 7) is 0. The molecule has 1 saturated heterocycles. The fraction of sp³-hybridized carbons (Fsp3) is 0.200. The predicted octanol–water partition coefficient (Wildman–Crippen LogP) is 4.28. The number of ether oxygens (including phenoxy) is 1. The van der Waals surface area contributed by atoms with Gasteiger partial charge in [0.15, 0.2) is 0 Å². The van der Waals surface area contributed by atoms with E-state index in [1.807, 2.05) is 66.7 Å². The number of fused-ring (bicyclic) bond motifs is 6. The second-order valence-electron chi connectivity index (χ2n) is 8.33. The van der Waals surface area contributed by atoms with Crippen molar-refractivity contribution >= 4 is 33.5 Å². The largest absolute Gasteiger partial charge is 0.426 e. The first-order chi connectivity index (χ1) is 15.0. The van der Waals surface area contributed by atoms with Gasteiger partial charge >= 0.3 is 5.97 Å². The van der Waals surface area contributed by atoms with Crippen LogP contribution in [0.2, 0.25) is 0 Å². The fourth-order valence-corrected chi connectivity index (χ4v) is 5.85. The van der Waals surface area contributed by atoms with Crippen molar-refractivity contribution in [1.82, 2.24) is 5.32 Å². The highest BCUT2D eigenvalue weighted by Gasteiger charge is 2.67. The van der Waals surface area contributed by atoms with Gasteiger partial charge < -0.3 is 9.64 Å². The molecule has 6 rings (SSSR count). The monoisotopic (exact) mass is 474 g/mol.